The number of hydrogen-bond donors (Lipinski definition) is 1. The van der Waals surface area contributed by atoms with Gasteiger partial charge >= 0.3 is 6.03 Å². The van der Waals surface area contributed by atoms with Crippen LogP contribution in [0.1, 0.15) is 44.2 Å². The van der Waals surface area contributed by atoms with E-state index in [-0.39, 0.29) is 12.1 Å². The van der Waals surface area contributed by atoms with Gasteiger partial charge in [0.25, 0.3) is 0 Å². The number of rotatable bonds is 4. The Morgan fingerprint density at radius 1 is 1.28 bits per heavy atom. The molecule has 2 aliphatic rings. The van der Waals surface area contributed by atoms with E-state index in [1.165, 1.54) is 6.42 Å². The number of likely N-dealkylation sites (tertiary alicyclic amines) is 1. The molecule has 1 aliphatic heterocycles. The minimum absolute atomic E-state index is 0.101. The summed E-state index contributed by atoms with van der Waals surface area (Å²) in [5, 5.41) is 3.18. The maximum atomic E-state index is 12.5. The predicted molar refractivity (Wildman–Crippen MR) is 100 cm³/mol. The summed E-state index contributed by atoms with van der Waals surface area (Å²) in [6.07, 6.45) is 12.8. The molecule has 1 saturated heterocycles. The van der Waals surface area contributed by atoms with Crippen LogP contribution in [0.4, 0.5) is 4.79 Å². The molecule has 0 bridgehead atoms. The van der Waals surface area contributed by atoms with E-state index in [2.05, 4.69) is 40.5 Å². The summed E-state index contributed by atoms with van der Waals surface area (Å²) in [4.78, 5) is 21.3. The standard InChI is InChI=1S/C20H30N4O/c1-23(16-18-10-5-6-13-21-18)19-11-7-14-24(15-12-19)20(25)22-17-8-3-2-4-9-17/h3,5-6,8,10,13,17,19H,2,4,7,9,11-12,14-16H2,1H3,(H,22,25)/t17-,19+/m0/s1. The van der Waals surface area contributed by atoms with Crippen LogP contribution in [0.25, 0.3) is 0 Å². The minimum atomic E-state index is 0.101. The zero-order valence-corrected chi connectivity index (χ0v) is 15.2. The van der Waals surface area contributed by atoms with E-state index in [0.29, 0.717) is 6.04 Å². The van der Waals surface area contributed by atoms with Crippen LogP contribution in [0.5, 0.6) is 0 Å². The van der Waals surface area contributed by atoms with E-state index in [9.17, 15) is 4.79 Å². The first-order valence-electron chi connectivity index (χ1n) is 9.54. The zero-order chi connectivity index (χ0) is 17.5. The molecule has 0 unspecified atom stereocenters. The van der Waals surface area contributed by atoms with Gasteiger partial charge in [0.2, 0.25) is 0 Å². The Morgan fingerprint density at radius 2 is 2.20 bits per heavy atom. The lowest BCUT2D eigenvalue weighted by atomic mass is 10.0. The highest BCUT2D eigenvalue weighted by Crippen LogP contribution is 2.18. The number of carbonyl (C=O) groups excluding carboxylic acids is 1. The van der Waals surface area contributed by atoms with E-state index in [4.69, 9.17) is 0 Å². The first-order chi connectivity index (χ1) is 12.2. The van der Waals surface area contributed by atoms with Crippen molar-refractivity contribution in [2.75, 3.05) is 20.1 Å². The van der Waals surface area contributed by atoms with Crippen molar-refractivity contribution in [3.8, 4) is 0 Å². The Kier molecular flexibility index (Phi) is 6.45. The largest absolute Gasteiger partial charge is 0.332 e. The number of pyridine rings is 1. The molecule has 2 amide bonds. The molecule has 25 heavy (non-hydrogen) atoms. The Balaban J connectivity index is 1.48. The number of nitrogens with one attached hydrogen (secondary N) is 1. The molecule has 1 aliphatic carbocycles. The Labute approximate surface area is 151 Å². The number of hydrogen-bond acceptors (Lipinski definition) is 3. The number of amides is 2. The van der Waals surface area contributed by atoms with Crippen LogP contribution < -0.4 is 5.32 Å². The molecular formula is C20H30N4O. The van der Waals surface area contributed by atoms with Crippen LogP contribution in [0.3, 0.4) is 0 Å². The SMILES string of the molecule is CN(Cc1ccccn1)[C@@H]1CCCN(C(=O)N[C@H]2C=CCCC2)CC1. The summed E-state index contributed by atoms with van der Waals surface area (Å²) >= 11 is 0. The van der Waals surface area contributed by atoms with Crippen LogP contribution >= 0.6 is 0 Å². The van der Waals surface area contributed by atoms with Gasteiger partial charge in [-0.25, -0.2) is 4.79 Å². The predicted octanol–water partition coefficient (Wildman–Crippen LogP) is 3.19. The van der Waals surface area contributed by atoms with Crippen molar-refractivity contribution in [3.05, 3.63) is 42.2 Å². The second kappa shape index (κ2) is 8.99. The van der Waals surface area contributed by atoms with E-state index in [1.807, 2.05) is 23.2 Å². The normalized spacial score (nSPS) is 24.2. The Morgan fingerprint density at radius 3 is 2.96 bits per heavy atom. The van der Waals surface area contributed by atoms with E-state index in [1.54, 1.807) is 0 Å². The lowest BCUT2D eigenvalue weighted by molar-refractivity contribution is 0.189. The smallest absolute Gasteiger partial charge is 0.317 e. The third kappa shape index (κ3) is 5.30. The minimum Gasteiger partial charge on any atom is -0.332 e. The average molecular weight is 342 g/mol. The van der Waals surface area contributed by atoms with Gasteiger partial charge < -0.3 is 10.2 Å². The molecule has 5 heteroatoms. The molecule has 2 heterocycles. The molecule has 1 aromatic rings. The van der Waals surface area contributed by atoms with Gasteiger partial charge in [-0.05, 0) is 57.7 Å². The molecule has 2 atom stereocenters. The molecular weight excluding hydrogens is 312 g/mol. The number of aromatic nitrogens is 1. The molecule has 1 N–H and O–H groups in total. The Hall–Kier alpha value is -1.88. The summed E-state index contributed by atoms with van der Waals surface area (Å²) in [5.41, 5.74) is 1.10. The summed E-state index contributed by atoms with van der Waals surface area (Å²) < 4.78 is 0. The van der Waals surface area contributed by atoms with Crippen LogP contribution in [0.2, 0.25) is 0 Å². The van der Waals surface area contributed by atoms with E-state index < -0.39 is 0 Å². The van der Waals surface area contributed by atoms with Crippen molar-refractivity contribution in [2.45, 2.75) is 57.2 Å². The van der Waals surface area contributed by atoms with Gasteiger partial charge in [-0.15, -0.1) is 0 Å². The highest BCUT2D eigenvalue weighted by molar-refractivity contribution is 5.74. The first kappa shape index (κ1) is 17.9. The van der Waals surface area contributed by atoms with Gasteiger partial charge in [-0.3, -0.25) is 9.88 Å². The van der Waals surface area contributed by atoms with Gasteiger partial charge in [0.1, 0.15) is 0 Å². The van der Waals surface area contributed by atoms with Crippen LogP contribution in [0, 0.1) is 0 Å². The van der Waals surface area contributed by atoms with E-state index in [0.717, 1.165) is 57.4 Å². The second-order valence-corrected chi connectivity index (χ2v) is 7.22. The van der Waals surface area contributed by atoms with Gasteiger partial charge in [-0.1, -0.05) is 18.2 Å². The number of allylic oxidation sites excluding steroid dienone is 1. The third-order valence-corrected chi connectivity index (χ3v) is 5.31. The molecule has 0 aromatic carbocycles. The maximum absolute atomic E-state index is 12.5. The molecule has 0 radical (unpaired) electrons. The quantitative estimate of drug-likeness (QED) is 0.855. The fourth-order valence-corrected chi connectivity index (χ4v) is 3.78. The summed E-state index contributed by atoms with van der Waals surface area (Å²) in [7, 11) is 2.17. The van der Waals surface area contributed by atoms with Gasteiger partial charge in [0.05, 0.1) is 5.69 Å². The van der Waals surface area contributed by atoms with Crippen LogP contribution in [-0.2, 0) is 6.54 Å². The van der Waals surface area contributed by atoms with Crippen molar-refractivity contribution in [1.29, 1.82) is 0 Å². The topological polar surface area (TPSA) is 48.5 Å². The second-order valence-electron chi connectivity index (χ2n) is 7.22. The molecule has 1 fully saturated rings. The fraction of sp³-hybridized carbons (Fsp3) is 0.600. The number of urea groups is 1. The van der Waals surface area contributed by atoms with E-state index >= 15 is 0 Å². The van der Waals surface area contributed by atoms with Crippen molar-refractivity contribution in [1.82, 2.24) is 20.1 Å². The Bertz CT molecular complexity index is 574. The van der Waals surface area contributed by atoms with Crippen LogP contribution in [-0.4, -0.2) is 53.0 Å². The molecule has 0 saturated carbocycles. The van der Waals surface area contributed by atoms with Crippen molar-refractivity contribution >= 4 is 6.03 Å². The summed E-state index contributed by atoms with van der Waals surface area (Å²) in [5.74, 6) is 0. The number of nitrogens with zero attached hydrogens (tertiary/aromatic N) is 3. The van der Waals surface area contributed by atoms with Gasteiger partial charge in [-0.2, -0.15) is 0 Å². The van der Waals surface area contributed by atoms with Gasteiger partial charge in [0, 0.05) is 37.9 Å². The number of carbonyl (C=O) groups is 1. The van der Waals surface area contributed by atoms with Crippen molar-refractivity contribution in [3.63, 3.8) is 0 Å². The zero-order valence-electron chi connectivity index (χ0n) is 15.2. The molecule has 3 rings (SSSR count). The summed E-state index contributed by atoms with van der Waals surface area (Å²) in [6.45, 7) is 2.56. The molecule has 5 nitrogen and oxygen atoms in total. The molecule has 136 valence electrons. The average Bonchev–Trinajstić information content (AvgIpc) is 2.90. The highest BCUT2D eigenvalue weighted by Gasteiger charge is 2.24. The molecule has 1 aromatic heterocycles. The third-order valence-electron chi connectivity index (χ3n) is 5.31. The summed E-state index contributed by atoms with van der Waals surface area (Å²) in [6, 6.07) is 6.89. The van der Waals surface area contributed by atoms with Crippen molar-refractivity contribution in [2.24, 2.45) is 0 Å². The van der Waals surface area contributed by atoms with Crippen LogP contribution in [0.15, 0.2) is 36.5 Å². The first-order valence-corrected chi connectivity index (χ1v) is 9.54. The van der Waals surface area contributed by atoms with Crippen molar-refractivity contribution < 1.29 is 4.79 Å². The fourth-order valence-electron chi connectivity index (χ4n) is 3.78. The lowest BCUT2D eigenvalue weighted by Gasteiger charge is -2.27. The molecule has 0 spiro atoms. The highest BCUT2D eigenvalue weighted by atomic mass is 16.2. The monoisotopic (exact) mass is 342 g/mol. The maximum Gasteiger partial charge on any atom is 0.317 e. The lowest BCUT2D eigenvalue weighted by Crippen LogP contribution is -2.45. The van der Waals surface area contributed by atoms with Gasteiger partial charge in [0.15, 0.2) is 0 Å².